The van der Waals surface area contributed by atoms with E-state index in [1.54, 1.807) is 24.6 Å². The highest BCUT2D eigenvalue weighted by molar-refractivity contribution is 7.89. The molecule has 0 aromatic carbocycles. The summed E-state index contributed by atoms with van der Waals surface area (Å²) in [7, 11) is -1.93. The Morgan fingerprint density at radius 2 is 2.24 bits per heavy atom. The van der Waals surface area contributed by atoms with Crippen LogP contribution in [0.3, 0.4) is 0 Å². The largest absolute Gasteiger partial charge is 0.383 e. The third-order valence-electron chi connectivity index (χ3n) is 2.83. The minimum absolute atomic E-state index is 0.279. The molecule has 0 amide bonds. The molecule has 120 valence electrons. The van der Waals surface area contributed by atoms with Crippen molar-refractivity contribution in [3.8, 4) is 0 Å². The van der Waals surface area contributed by atoms with Crippen LogP contribution >= 0.6 is 11.3 Å². The summed E-state index contributed by atoms with van der Waals surface area (Å²) in [6.07, 6.45) is 1.58. The van der Waals surface area contributed by atoms with E-state index in [-0.39, 0.29) is 6.54 Å². The first-order valence-electron chi connectivity index (χ1n) is 6.82. The van der Waals surface area contributed by atoms with Crippen molar-refractivity contribution in [2.45, 2.75) is 31.3 Å². The number of thiophene rings is 1. The maximum atomic E-state index is 12.6. The summed E-state index contributed by atoms with van der Waals surface area (Å²) in [4.78, 5) is 1.35. The lowest BCUT2D eigenvalue weighted by atomic mass is 10.4. The van der Waals surface area contributed by atoms with Gasteiger partial charge in [0.15, 0.2) is 0 Å². The van der Waals surface area contributed by atoms with E-state index in [4.69, 9.17) is 4.74 Å². The van der Waals surface area contributed by atoms with Crippen LogP contribution in [-0.2, 0) is 21.3 Å². The predicted octanol–water partition coefficient (Wildman–Crippen LogP) is 2.07. The van der Waals surface area contributed by atoms with Crippen molar-refractivity contribution in [3.05, 3.63) is 29.0 Å². The molecule has 0 fully saturated rings. The quantitative estimate of drug-likeness (QED) is 0.667. The smallest absolute Gasteiger partial charge is 0.244 e. The van der Waals surface area contributed by atoms with Crippen molar-refractivity contribution in [2.24, 2.45) is 0 Å². The zero-order valence-corrected chi connectivity index (χ0v) is 14.5. The lowest BCUT2D eigenvalue weighted by Crippen LogP contribution is -2.33. The van der Waals surface area contributed by atoms with Gasteiger partial charge in [0, 0.05) is 43.0 Å². The van der Waals surface area contributed by atoms with E-state index in [0.29, 0.717) is 30.6 Å². The highest BCUT2D eigenvalue weighted by Crippen LogP contribution is 2.22. The van der Waals surface area contributed by atoms with Crippen molar-refractivity contribution in [1.29, 1.82) is 0 Å². The molecule has 21 heavy (non-hydrogen) atoms. The number of sulfonamides is 1. The Morgan fingerprint density at radius 3 is 2.81 bits per heavy atom. The van der Waals surface area contributed by atoms with Crippen LogP contribution in [-0.4, -0.2) is 45.6 Å². The van der Waals surface area contributed by atoms with Crippen LogP contribution in [0.15, 0.2) is 29.0 Å². The molecule has 0 spiro atoms. The molecule has 0 saturated heterocycles. The second kappa shape index (κ2) is 8.65. The predicted molar refractivity (Wildman–Crippen MR) is 87.1 cm³/mol. The molecular formula is C14H24N2O3S2. The number of nitrogens with one attached hydrogen (secondary N) is 1. The van der Waals surface area contributed by atoms with Gasteiger partial charge in [-0.15, -0.1) is 17.9 Å². The molecule has 1 rings (SSSR count). The molecule has 0 aliphatic heterocycles. The van der Waals surface area contributed by atoms with Crippen LogP contribution in [0.4, 0.5) is 0 Å². The molecule has 0 saturated carbocycles. The average molecular weight is 332 g/mol. The van der Waals surface area contributed by atoms with Crippen LogP contribution in [0.5, 0.6) is 0 Å². The lowest BCUT2D eigenvalue weighted by Gasteiger charge is -2.19. The van der Waals surface area contributed by atoms with Gasteiger partial charge in [0.2, 0.25) is 10.0 Å². The van der Waals surface area contributed by atoms with Gasteiger partial charge in [-0.25, -0.2) is 8.42 Å². The normalized spacial score (nSPS) is 12.2. The molecule has 0 unspecified atom stereocenters. The highest BCUT2D eigenvalue weighted by atomic mass is 32.2. The Morgan fingerprint density at radius 1 is 1.52 bits per heavy atom. The summed E-state index contributed by atoms with van der Waals surface area (Å²) in [6, 6.07) is 2.10. The molecule has 0 aliphatic rings. The third kappa shape index (κ3) is 5.52. The van der Waals surface area contributed by atoms with Crippen molar-refractivity contribution in [1.82, 2.24) is 9.62 Å². The topological polar surface area (TPSA) is 58.6 Å². The first-order chi connectivity index (χ1) is 9.91. The van der Waals surface area contributed by atoms with E-state index in [1.165, 1.54) is 15.6 Å². The van der Waals surface area contributed by atoms with Crippen molar-refractivity contribution < 1.29 is 13.2 Å². The van der Waals surface area contributed by atoms with Crippen molar-refractivity contribution in [2.75, 3.05) is 26.8 Å². The van der Waals surface area contributed by atoms with E-state index in [1.807, 2.05) is 0 Å². The van der Waals surface area contributed by atoms with Gasteiger partial charge in [-0.05, 0) is 6.07 Å². The minimum atomic E-state index is -3.49. The fourth-order valence-corrected chi connectivity index (χ4v) is 4.30. The SMILES string of the molecule is C=CCN(CCOC)S(=O)(=O)c1csc(CNC(C)C)c1. The summed E-state index contributed by atoms with van der Waals surface area (Å²) >= 11 is 1.45. The second-order valence-corrected chi connectivity index (χ2v) is 7.86. The molecule has 7 heteroatoms. The Labute approximate surface area is 131 Å². The average Bonchev–Trinajstić information content (AvgIpc) is 2.90. The van der Waals surface area contributed by atoms with Crippen molar-refractivity contribution >= 4 is 21.4 Å². The molecule has 0 atom stereocenters. The standard InChI is InChI=1S/C14H24N2O3S2/c1-5-6-16(7-8-19-4)21(17,18)14-9-13(20-11-14)10-15-12(2)3/h5,9,11-12,15H,1,6-8,10H2,2-4H3. The van der Waals surface area contributed by atoms with Gasteiger partial charge in [-0.3, -0.25) is 0 Å². The van der Waals surface area contributed by atoms with E-state index >= 15 is 0 Å². The van der Waals surface area contributed by atoms with E-state index in [2.05, 4.69) is 25.7 Å². The minimum Gasteiger partial charge on any atom is -0.383 e. The second-order valence-electron chi connectivity index (χ2n) is 4.93. The van der Waals surface area contributed by atoms with Gasteiger partial charge in [-0.2, -0.15) is 4.31 Å². The highest BCUT2D eigenvalue weighted by Gasteiger charge is 2.24. The molecule has 1 N–H and O–H groups in total. The fraction of sp³-hybridized carbons (Fsp3) is 0.571. The Bertz CT molecular complexity index is 538. The van der Waals surface area contributed by atoms with Crippen LogP contribution in [0.1, 0.15) is 18.7 Å². The summed E-state index contributed by atoms with van der Waals surface area (Å²) in [5.74, 6) is 0. The number of rotatable bonds is 10. The number of hydrogen-bond donors (Lipinski definition) is 1. The molecule has 1 aromatic heterocycles. The number of hydrogen-bond acceptors (Lipinski definition) is 5. The Kier molecular flexibility index (Phi) is 7.55. The number of methoxy groups -OCH3 is 1. The Hall–Kier alpha value is -0.730. The van der Waals surface area contributed by atoms with Crippen LogP contribution in [0.25, 0.3) is 0 Å². The zero-order chi connectivity index (χ0) is 15.9. The maximum Gasteiger partial charge on any atom is 0.244 e. The Balaban J connectivity index is 2.86. The van der Waals surface area contributed by atoms with Gasteiger partial charge < -0.3 is 10.1 Å². The van der Waals surface area contributed by atoms with Gasteiger partial charge in [0.05, 0.1) is 11.5 Å². The molecule has 5 nitrogen and oxygen atoms in total. The molecule has 0 bridgehead atoms. The van der Waals surface area contributed by atoms with E-state index in [0.717, 1.165) is 4.88 Å². The first-order valence-corrected chi connectivity index (χ1v) is 9.14. The van der Waals surface area contributed by atoms with Crippen LogP contribution in [0.2, 0.25) is 0 Å². The number of ether oxygens (including phenoxy) is 1. The lowest BCUT2D eigenvalue weighted by molar-refractivity contribution is 0.182. The van der Waals surface area contributed by atoms with Crippen LogP contribution < -0.4 is 5.32 Å². The summed E-state index contributed by atoms with van der Waals surface area (Å²) in [5.41, 5.74) is 0. The van der Waals surface area contributed by atoms with Gasteiger partial charge in [0.25, 0.3) is 0 Å². The van der Waals surface area contributed by atoms with Crippen molar-refractivity contribution in [3.63, 3.8) is 0 Å². The molecule has 0 radical (unpaired) electrons. The van der Waals surface area contributed by atoms with E-state index < -0.39 is 10.0 Å². The fourth-order valence-electron chi connectivity index (χ4n) is 1.69. The van der Waals surface area contributed by atoms with Gasteiger partial charge >= 0.3 is 0 Å². The molecular weight excluding hydrogens is 308 g/mol. The third-order valence-corrected chi connectivity index (χ3v) is 5.76. The van der Waals surface area contributed by atoms with Crippen LogP contribution in [0, 0.1) is 0 Å². The molecule has 0 aliphatic carbocycles. The van der Waals surface area contributed by atoms with Gasteiger partial charge in [0.1, 0.15) is 0 Å². The number of nitrogens with zero attached hydrogens (tertiary/aromatic N) is 1. The van der Waals surface area contributed by atoms with Gasteiger partial charge in [-0.1, -0.05) is 19.9 Å². The summed E-state index contributed by atoms with van der Waals surface area (Å²) < 4.78 is 31.5. The molecule has 1 heterocycles. The first kappa shape index (κ1) is 18.3. The summed E-state index contributed by atoms with van der Waals surface area (Å²) in [6.45, 7) is 9.37. The maximum absolute atomic E-state index is 12.6. The summed E-state index contributed by atoms with van der Waals surface area (Å²) in [5, 5.41) is 4.97. The van der Waals surface area contributed by atoms with E-state index in [9.17, 15) is 8.42 Å². The molecule has 1 aromatic rings. The zero-order valence-electron chi connectivity index (χ0n) is 12.8. The monoisotopic (exact) mass is 332 g/mol.